The maximum atomic E-state index is 6.03. The normalized spacial score (nSPS) is 11.3. The zero-order valence-corrected chi connectivity index (χ0v) is 12.9. The molecule has 0 saturated heterocycles. The minimum absolute atomic E-state index is 0.542. The van der Waals surface area contributed by atoms with Crippen LogP contribution in [0.3, 0.4) is 0 Å². The smallest absolute Gasteiger partial charge is 0.201 e. The fourth-order valence-corrected chi connectivity index (χ4v) is 2.63. The molecule has 0 atom stereocenters. The first-order chi connectivity index (χ1) is 9.06. The molecule has 0 aliphatic carbocycles. The van der Waals surface area contributed by atoms with Gasteiger partial charge in [-0.05, 0) is 47.7 Å². The van der Waals surface area contributed by atoms with Gasteiger partial charge in [0, 0.05) is 21.9 Å². The van der Waals surface area contributed by atoms with Gasteiger partial charge in [-0.15, -0.1) is 0 Å². The number of rotatable bonds is 2. The number of hydrogen-bond donors (Lipinski definition) is 1. The summed E-state index contributed by atoms with van der Waals surface area (Å²) in [4.78, 5) is 4.42. The summed E-state index contributed by atoms with van der Waals surface area (Å²) in [6, 6.07) is 6.17. The number of nitrogen functional groups attached to an aromatic ring is 1. The molecule has 0 spiro atoms. The molecule has 0 amide bonds. The van der Waals surface area contributed by atoms with Crippen LogP contribution in [0.5, 0.6) is 0 Å². The Balaban J connectivity index is 2.10. The summed E-state index contributed by atoms with van der Waals surface area (Å²) in [6.45, 7) is 2.75. The fourth-order valence-electron chi connectivity index (χ4n) is 2.16. The third-order valence-corrected chi connectivity index (χ3v) is 4.08. The van der Waals surface area contributed by atoms with E-state index < -0.39 is 0 Å². The van der Waals surface area contributed by atoms with Gasteiger partial charge in [0.05, 0.1) is 23.8 Å². The lowest BCUT2D eigenvalue weighted by molar-refractivity contribution is 0.734. The number of halogens is 1. The van der Waals surface area contributed by atoms with Crippen LogP contribution < -0.4 is 5.73 Å². The van der Waals surface area contributed by atoms with Crippen molar-refractivity contribution in [3.8, 4) is 0 Å². The molecule has 2 aromatic heterocycles. The van der Waals surface area contributed by atoms with Crippen LogP contribution in [0.15, 0.2) is 24.4 Å². The summed E-state index contributed by atoms with van der Waals surface area (Å²) in [5, 5.41) is 4.26. The molecular weight excluding hydrogens is 353 g/mol. The number of aryl methyl sites for hydroxylation is 1. The van der Waals surface area contributed by atoms with Gasteiger partial charge in [0.1, 0.15) is 0 Å². The van der Waals surface area contributed by atoms with Crippen LogP contribution in [0.4, 0.5) is 5.95 Å². The molecule has 2 heterocycles. The maximum Gasteiger partial charge on any atom is 0.201 e. The predicted molar refractivity (Wildman–Crippen MR) is 83.9 cm³/mol. The van der Waals surface area contributed by atoms with Gasteiger partial charge < -0.3 is 10.3 Å². The van der Waals surface area contributed by atoms with Gasteiger partial charge in [-0.1, -0.05) is 0 Å². The molecule has 0 aliphatic heterocycles. The van der Waals surface area contributed by atoms with E-state index in [2.05, 4.69) is 51.7 Å². The average Bonchev–Trinajstić information content (AvgIpc) is 2.84. The average molecular weight is 367 g/mol. The van der Waals surface area contributed by atoms with Gasteiger partial charge in [0.2, 0.25) is 5.95 Å². The van der Waals surface area contributed by atoms with Gasteiger partial charge in [0.15, 0.2) is 0 Å². The number of anilines is 1. The lowest BCUT2D eigenvalue weighted by atomic mass is 10.2. The molecule has 0 unspecified atom stereocenters. The van der Waals surface area contributed by atoms with Crippen LogP contribution >= 0.6 is 22.6 Å². The topological polar surface area (TPSA) is 61.7 Å². The van der Waals surface area contributed by atoms with Crippen molar-refractivity contribution in [1.29, 1.82) is 0 Å². The Kier molecular flexibility index (Phi) is 2.96. The Morgan fingerprint density at radius 1 is 1.37 bits per heavy atom. The molecule has 0 saturated carbocycles. The van der Waals surface area contributed by atoms with E-state index in [1.54, 1.807) is 0 Å². The number of imidazole rings is 1. The van der Waals surface area contributed by atoms with Crippen LogP contribution in [-0.2, 0) is 13.6 Å². The molecule has 5 nitrogen and oxygen atoms in total. The highest BCUT2D eigenvalue weighted by Crippen LogP contribution is 2.22. The molecule has 1 aromatic carbocycles. The summed E-state index contributed by atoms with van der Waals surface area (Å²) in [6.07, 6.45) is 1.88. The summed E-state index contributed by atoms with van der Waals surface area (Å²) in [7, 11) is 1.94. The van der Waals surface area contributed by atoms with E-state index in [4.69, 9.17) is 5.73 Å². The Labute approximate surface area is 124 Å². The first-order valence-electron chi connectivity index (χ1n) is 5.95. The minimum Gasteiger partial charge on any atom is -0.369 e. The Bertz CT molecular complexity index is 756. The first kappa shape index (κ1) is 12.5. The maximum absolute atomic E-state index is 6.03. The molecule has 3 rings (SSSR count). The number of aromatic nitrogens is 4. The molecule has 0 aliphatic rings. The highest BCUT2D eigenvalue weighted by Gasteiger charge is 2.11. The van der Waals surface area contributed by atoms with Crippen molar-refractivity contribution in [2.45, 2.75) is 13.5 Å². The van der Waals surface area contributed by atoms with Crippen LogP contribution in [0, 0.1) is 10.5 Å². The van der Waals surface area contributed by atoms with E-state index in [0.29, 0.717) is 12.5 Å². The Morgan fingerprint density at radius 3 is 2.84 bits per heavy atom. The lowest BCUT2D eigenvalue weighted by Crippen LogP contribution is -2.05. The van der Waals surface area contributed by atoms with Gasteiger partial charge in [0.25, 0.3) is 0 Å². The standard InChI is InChI=1S/C13H14IN5/c1-8-9(6-16-18(8)2)7-19-12-4-3-10(14)5-11(12)17-13(19)15/h3-6H,7H2,1-2H3,(H2,15,17). The van der Waals surface area contributed by atoms with Gasteiger partial charge >= 0.3 is 0 Å². The van der Waals surface area contributed by atoms with Crippen LogP contribution in [0.2, 0.25) is 0 Å². The predicted octanol–water partition coefficient (Wildman–Crippen LogP) is 2.31. The van der Waals surface area contributed by atoms with Crippen LogP contribution in [-0.4, -0.2) is 19.3 Å². The summed E-state index contributed by atoms with van der Waals surface area (Å²) < 4.78 is 5.05. The second kappa shape index (κ2) is 4.52. The third kappa shape index (κ3) is 2.09. The summed E-state index contributed by atoms with van der Waals surface area (Å²) in [5.41, 5.74) is 10.3. The van der Waals surface area contributed by atoms with Crippen molar-refractivity contribution in [3.63, 3.8) is 0 Å². The molecule has 3 aromatic rings. The molecule has 19 heavy (non-hydrogen) atoms. The second-order valence-electron chi connectivity index (χ2n) is 4.57. The lowest BCUT2D eigenvalue weighted by Gasteiger charge is -2.06. The second-order valence-corrected chi connectivity index (χ2v) is 5.81. The zero-order chi connectivity index (χ0) is 13.6. The summed E-state index contributed by atoms with van der Waals surface area (Å²) >= 11 is 2.28. The Hall–Kier alpha value is -1.57. The SMILES string of the molecule is Cc1c(Cn2c(N)nc3cc(I)ccc32)cnn1C. The van der Waals surface area contributed by atoms with Gasteiger partial charge in [-0.3, -0.25) is 4.68 Å². The molecule has 0 radical (unpaired) electrons. The monoisotopic (exact) mass is 367 g/mol. The minimum atomic E-state index is 0.542. The molecule has 0 bridgehead atoms. The highest BCUT2D eigenvalue weighted by atomic mass is 127. The van der Waals surface area contributed by atoms with Crippen LogP contribution in [0.1, 0.15) is 11.3 Å². The van der Waals surface area contributed by atoms with E-state index in [0.717, 1.165) is 25.9 Å². The largest absolute Gasteiger partial charge is 0.369 e. The van der Waals surface area contributed by atoms with Crippen LogP contribution in [0.25, 0.3) is 11.0 Å². The third-order valence-electron chi connectivity index (χ3n) is 3.41. The van der Waals surface area contributed by atoms with Gasteiger partial charge in [-0.25, -0.2) is 4.98 Å². The van der Waals surface area contributed by atoms with E-state index in [1.807, 2.05) is 28.6 Å². The number of hydrogen-bond acceptors (Lipinski definition) is 3. The Morgan fingerprint density at radius 2 is 2.16 bits per heavy atom. The van der Waals surface area contributed by atoms with E-state index in [-0.39, 0.29) is 0 Å². The molecular formula is C13H14IN5. The number of benzene rings is 1. The van der Waals surface area contributed by atoms with E-state index in [9.17, 15) is 0 Å². The van der Waals surface area contributed by atoms with Crippen molar-refractivity contribution in [2.24, 2.45) is 7.05 Å². The van der Waals surface area contributed by atoms with Crippen molar-refractivity contribution >= 4 is 39.6 Å². The fraction of sp³-hybridized carbons (Fsp3) is 0.231. The summed E-state index contributed by atoms with van der Waals surface area (Å²) in [5.74, 6) is 0.542. The molecule has 6 heteroatoms. The zero-order valence-electron chi connectivity index (χ0n) is 10.8. The highest BCUT2D eigenvalue weighted by molar-refractivity contribution is 14.1. The quantitative estimate of drug-likeness (QED) is 0.708. The van der Waals surface area contributed by atoms with Gasteiger partial charge in [-0.2, -0.15) is 5.10 Å². The van der Waals surface area contributed by atoms with E-state index in [1.165, 1.54) is 0 Å². The van der Waals surface area contributed by atoms with Crippen molar-refractivity contribution < 1.29 is 0 Å². The van der Waals surface area contributed by atoms with Crippen molar-refractivity contribution in [1.82, 2.24) is 19.3 Å². The molecule has 2 N–H and O–H groups in total. The molecule has 0 fully saturated rings. The number of nitrogens with zero attached hydrogens (tertiary/aromatic N) is 4. The van der Waals surface area contributed by atoms with E-state index >= 15 is 0 Å². The first-order valence-corrected chi connectivity index (χ1v) is 7.03. The van der Waals surface area contributed by atoms with Crippen molar-refractivity contribution in [2.75, 3.05) is 5.73 Å². The molecule has 98 valence electrons. The van der Waals surface area contributed by atoms with Crippen molar-refractivity contribution in [3.05, 3.63) is 39.2 Å². The number of nitrogens with two attached hydrogens (primary N) is 1. The number of fused-ring (bicyclic) bond motifs is 1.